The predicted molar refractivity (Wildman–Crippen MR) is 55.0 cm³/mol. The number of carbonyl (C=O) groups is 1. The predicted octanol–water partition coefficient (Wildman–Crippen LogP) is -0.993. The highest BCUT2D eigenvalue weighted by molar-refractivity contribution is 7.95. The average molecular weight is 258 g/mol. The van der Waals surface area contributed by atoms with Crippen LogP contribution in [0.1, 0.15) is 6.92 Å². The summed E-state index contributed by atoms with van der Waals surface area (Å²) in [6.45, 7) is 1.17. The van der Waals surface area contributed by atoms with Crippen LogP contribution in [0.15, 0.2) is 0 Å². The molecule has 0 saturated heterocycles. The molecule has 0 aliphatic rings. The van der Waals surface area contributed by atoms with Crippen LogP contribution in [0.4, 0.5) is 0 Å². The lowest BCUT2D eigenvalue weighted by Crippen LogP contribution is -2.32. The third-order valence-electron chi connectivity index (χ3n) is 1.81. The summed E-state index contributed by atoms with van der Waals surface area (Å²) in [7, 11) is -6.04. The summed E-state index contributed by atoms with van der Waals surface area (Å²) in [5.41, 5.74) is 0. The zero-order chi connectivity index (χ0) is 12.3. The van der Waals surface area contributed by atoms with Gasteiger partial charge in [0.1, 0.15) is 9.84 Å². The summed E-state index contributed by atoms with van der Waals surface area (Å²) in [4.78, 5) is 10.9. The van der Waals surface area contributed by atoms with Crippen molar-refractivity contribution in [3.05, 3.63) is 0 Å². The van der Waals surface area contributed by atoms with Gasteiger partial charge in [-0.1, -0.05) is 0 Å². The monoisotopic (exact) mass is 258 g/mol. The zero-order valence-electron chi connectivity index (χ0n) is 8.76. The van der Waals surface area contributed by atoms with Crippen molar-refractivity contribution in [2.75, 3.05) is 24.9 Å². The quantitative estimate of drug-likeness (QED) is 0.587. The number of rotatable bonds is 5. The fraction of sp³-hybridized carbons (Fsp3) is 0.857. The Kier molecular flexibility index (Phi) is 4.72. The summed E-state index contributed by atoms with van der Waals surface area (Å²) < 4.78 is 48.6. The second-order valence-corrected chi connectivity index (χ2v) is 7.86. The Morgan fingerprint density at radius 3 is 2.00 bits per heavy atom. The molecule has 0 spiro atoms. The number of ether oxygens (including phenoxy) is 1. The first-order valence-electron chi connectivity index (χ1n) is 4.07. The summed E-state index contributed by atoms with van der Waals surface area (Å²) >= 11 is 0. The Bertz CT molecular complexity index is 418. The number of carbonyl (C=O) groups excluding carboxylic acids is 1. The number of esters is 1. The average Bonchev–Trinajstić information content (AvgIpc) is 2.11. The molecule has 0 bridgehead atoms. The largest absolute Gasteiger partial charge is 0.468 e. The molecule has 1 atom stereocenters. The molecule has 0 rings (SSSR count). The molecule has 8 heteroatoms. The van der Waals surface area contributed by atoms with Crippen molar-refractivity contribution in [3.63, 3.8) is 0 Å². The number of hydrogen-bond donors (Lipinski definition) is 0. The molecule has 0 aromatic heterocycles. The number of sulfone groups is 2. The Morgan fingerprint density at radius 2 is 1.67 bits per heavy atom. The topological polar surface area (TPSA) is 94.6 Å². The van der Waals surface area contributed by atoms with Crippen LogP contribution in [-0.4, -0.2) is 52.9 Å². The minimum Gasteiger partial charge on any atom is -0.468 e. The molecule has 1 unspecified atom stereocenters. The second-order valence-electron chi connectivity index (χ2n) is 3.16. The Balaban J connectivity index is 4.65. The molecule has 0 aromatic carbocycles. The van der Waals surface area contributed by atoms with Crippen molar-refractivity contribution in [1.29, 1.82) is 0 Å². The van der Waals surface area contributed by atoms with Gasteiger partial charge in [0.05, 0.1) is 18.6 Å². The van der Waals surface area contributed by atoms with E-state index in [1.807, 2.05) is 0 Å². The van der Waals surface area contributed by atoms with Gasteiger partial charge in [-0.05, 0) is 6.92 Å². The van der Waals surface area contributed by atoms with Crippen LogP contribution in [0.2, 0.25) is 0 Å². The summed E-state index contributed by atoms with van der Waals surface area (Å²) in [6, 6.07) is 0. The van der Waals surface area contributed by atoms with Crippen LogP contribution >= 0.6 is 0 Å². The molecule has 0 heterocycles. The first-order valence-corrected chi connectivity index (χ1v) is 7.85. The molecule has 0 amide bonds. The molecule has 0 saturated carbocycles. The first-order chi connectivity index (χ1) is 6.60. The maximum Gasteiger partial charge on any atom is 0.323 e. The van der Waals surface area contributed by atoms with Gasteiger partial charge in [0.2, 0.25) is 0 Å². The van der Waals surface area contributed by atoms with Gasteiger partial charge in [-0.25, -0.2) is 16.8 Å². The summed E-state index contributed by atoms with van der Waals surface area (Å²) in [5.74, 6) is -1.94. The third-order valence-corrected chi connectivity index (χ3v) is 5.06. The smallest absolute Gasteiger partial charge is 0.323 e. The molecular weight excluding hydrogens is 244 g/mol. The van der Waals surface area contributed by atoms with Crippen LogP contribution in [0.3, 0.4) is 0 Å². The molecule has 0 aliphatic heterocycles. The molecule has 15 heavy (non-hydrogen) atoms. The van der Waals surface area contributed by atoms with E-state index in [2.05, 4.69) is 4.74 Å². The zero-order valence-corrected chi connectivity index (χ0v) is 10.4. The Hall–Kier alpha value is -0.630. The van der Waals surface area contributed by atoms with Crippen LogP contribution < -0.4 is 0 Å². The maximum absolute atomic E-state index is 11.4. The lowest BCUT2D eigenvalue weighted by molar-refractivity contribution is -0.139. The highest BCUT2D eigenvalue weighted by Crippen LogP contribution is 2.04. The number of hydrogen-bond acceptors (Lipinski definition) is 6. The second kappa shape index (κ2) is 4.93. The Morgan fingerprint density at radius 1 is 1.20 bits per heavy atom. The van der Waals surface area contributed by atoms with Gasteiger partial charge in [-0.3, -0.25) is 4.79 Å². The standard InChI is InChI=1S/C7H14O6S2/c1-6(7(8)13-2)15(11,12)5-4-14(3,9)10/h6H,4-5H2,1-3H3. The van der Waals surface area contributed by atoms with E-state index in [0.29, 0.717) is 0 Å². The Labute approximate surface area is 89.5 Å². The first kappa shape index (κ1) is 14.4. The van der Waals surface area contributed by atoms with Crippen LogP contribution in [-0.2, 0) is 29.2 Å². The molecular formula is C7H14O6S2. The fourth-order valence-corrected chi connectivity index (χ4v) is 3.64. The van der Waals surface area contributed by atoms with Crippen LogP contribution in [0.5, 0.6) is 0 Å². The minimum absolute atomic E-state index is 0.489. The maximum atomic E-state index is 11.4. The summed E-state index contributed by atoms with van der Waals surface area (Å²) in [6.07, 6.45) is 0.936. The van der Waals surface area contributed by atoms with Gasteiger partial charge >= 0.3 is 5.97 Å². The normalized spacial score (nSPS) is 14.6. The van der Waals surface area contributed by atoms with E-state index in [-0.39, 0.29) is 0 Å². The minimum atomic E-state index is -3.76. The van der Waals surface area contributed by atoms with Crippen LogP contribution in [0.25, 0.3) is 0 Å². The fourth-order valence-electron chi connectivity index (χ4n) is 0.757. The molecule has 0 aromatic rings. The molecule has 6 nitrogen and oxygen atoms in total. The van der Waals surface area contributed by atoms with E-state index in [1.165, 1.54) is 6.92 Å². The highest BCUT2D eigenvalue weighted by Gasteiger charge is 2.29. The molecule has 0 N–H and O–H groups in total. The lowest BCUT2D eigenvalue weighted by Gasteiger charge is -2.09. The third kappa shape index (κ3) is 5.12. The molecule has 0 aliphatic carbocycles. The van der Waals surface area contributed by atoms with Gasteiger partial charge in [0, 0.05) is 6.26 Å². The van der Waals surface area contributed by atoms with Gasteiger partial charge < -0.3 is 4.74 Å². The number of methoxy groups -OCH3 is 1. The molecule has 90 valence electrons. The van der Waals surface area contributed by atoms with Gasteiger partial charge in [-0.15, -0.1) is 0 Å². The van der Waals surface area contributed by atoms with E-state index in [0.717, 1.165) is 13.4 Å². The molecule has 0 fully saturated rings. The van der Waals surface area contributed by atoms with E-state index in [9.17, 15) is 21.6 Å². The molecule has 0 radical (unpaired) electrons. The van der Waals surface area contributed by atoms with E-state index in [1.54, 1.807) is 0 Å². The van der Waals surface area contributed by atoms with Crippen molar-refractivity contribution in [3.8, 4) is 0 Å². The van der Waals surface area contributed by atoms with Crippen molar-refractivity contribution in [1.82, 2.24) is 0 Å². The van der Waals surface area contributed by atoms with Gasteiger partial charge in [0.25, 0.3) is 0 Å². The van der Waals surface area contributed by atoms with E-state index < -0.39 is 42.4 Å². The highest BCUT2D eigenvalue weighted by atomic mass is 32.2. The van der Waals surface area contributed by atoms with Crippen molar-refractivity contribution >= 4 is 25.6 Å². The SMILES string of the molecule is COC(=O)C(C)S(=O)(=O)CCS(C)(=O)=O. The van der Waals surface area contributed by atoms with E-state index >= 15 is 0 Å². The van der Waals surface area contributed by atoms with Crippen LogP contribution in [0, 0.1) is 0 Å². The van der Waals surface area contributed by atoms with Crippen molar-refractivity contribution in [2.45, 2.75) is 12.2 Å². The van der Waals surface area contributed by atoms with E-state index in [4.69, 9.17) is 0 Å². The van der Waals surface area contributed by atoms with Gasteiger partial charge in [-0.2, -0.15) is 0 Å². The van der Waals surface area contributed by atoms with Gasteiger partial charge in [0.15, 0.2) is 15.1 Å². The van der Waals surface area contributed by atoms with Crippen molar-refractivity contribution < 1.29 is 26.4 Å². The summed E-state index contributed by atoms with van der Waals surface area (Å²) in [5, 5.41) is -1.33. The lowest BCUT2D eigenvalue weighted by atomic mass is 10.5. The van der Waals surface area contributed by atoms with Crippen molar-refractivity contribution in [2.24, 2.45) is 0 Å².